The van der Waals surface area contributed by atoms with E-state index in [0.717, 1.165) is 11.5 Å². The highest BCUT2D eigenvalue weighted by Gasteiger charge is 2.24. The zero-order valence-corrected chi connectivity index (χ0v) is 11.5. The van der Waals surface area contributed by atoms with E-state index in [1.165, 1.54) is 0 Å². The van der Waals surface area contributed by atoms with Crippen LogP contribution in [0.5, 0.6) is 0 Å². The first kappa shape index (κ1) is 14.6. The molecule has 18 heavy (non-hydrogen) atoms. The van der Waals surface area contributed by atoms with Crippen LogP contribution in [0.2, 0.25) is 0 Å². The number of amides is 1. The van der Waals surface area contributed by atoms with Gasteiger partial charge in [0.15, 0.2) is 0 Å². The number of hydrogen-bond acceptors (Lipinski definition) is 5. The Morgan fingerprint density at radius 1 is 1.44 bits per heavy atom. The summed E-state index contributed by atoms with van der Waals surface area (Å²) in [7, 11) is 0. The Morgan fingerprint density at radius 2 is 2.11 bits per heavy atom. The highest BCUT2D eigenvalue weighted by molar-refractivity contribution is 7.08. The first-order valence-electron chi connectivity index (χ1n) is 5.80. The van der Waals surface area contributed by atoms with Crippen molar-refractivity contribution < 1.29 is 14.7 Å². The second-order valence-electron chi connectivity index (χ2n) is 4.40. The fourth-order valence-corrected chi connectivity index (χ4v) is 2.18. The van der Waals surface area contributed by atoms with Gasteiger partial charge in [0.05, 0.1) is 5.69 Å². The summed E-state index contributed by atoms with van der Waals surface area (Å²) >= 11 is 0.989. The number of hydrogen-bond donors (Lipinski definition) is 2. The van der Waals surface area contributed by atoms with Crippen LogP contribution in [-0.2, 0) is 11.2 Å². The molecule has 100 valence electrons. The third kappa shape index (κ3) is 3.76. The minimum absolute atomic E-state index is 0.191. The van der Waals surface area contributed by atoms with Gasteiger partial charge in [0.2, 0.25) is 0 Å². The highest BCUT2D eigenvalue weighted by atomic mass is 32.1. The number of rotatable bonds is 6. The fourth-order valence-electron chi connectivity index (χ4n) is 1.53. The van der Waals surface area contributed by atoms with Crippen molar-refractivity contribution in [1.29, 1.82) is 0 Å². The maximum absolute atomic E-state index is 11.9. The van der Waals surface area contributed by atoms with Gasteiger partial charge >= 0.3 is 5.97 Å². The van der Waals surface area contributed by atoms with E-state index < -0.39 is 17.9 Å². The van der Waals surface area contributed by atoms with Crippen LogP contribution in [0, 0.1) is 5.92 Å². The van der Waals surface area contributed by atoms with Gasteiger partial charge in [0.1, 0.15) is 10.9 Å². The molecule has 0 aliphatic carbocycles. The summed E-state index contributed by atoms with van der Waals surface area (Å²) < 4.78 is 3.71. The zero-order chi connectivity index (χ0) is 13.7. The molecule has 1 atom stereocenters. The van der Waals surface area contributed by atoms with Crippen LogP contribution >= 0.6 is 11.5 Å². The van der Waals surface area contributed by atoms with Crippen LogP contribution < -0.4 is 5.32 Å². The summed E-state index contributed by atoms with van der Waals surface area (Å²) in [6.07, 6.45) is 0.996. The lowest BCUT2D eigenvalue weighted by Crippen LogP contribution is -2.41. The molecule has 0 aromatic carbocycles. The van der Waals surface area contributed by atoms with E-state index in [1.54, 1.807) is 0 Å². The molecule has 0 bridgehead atoms. The SMILES string of the molecule is CCc1nnsc1C(=O)N[C@@H](CC(C)C)C(=O)O. The Bertz CT molecular complexity index is 431. The zero-order valence-electron chi connectivity index (χ0n) is 10.6. The molecule has 0 saturated carbocycles. The molecule has 0 fully saturated rings. The molecule has 0 aliphatic rings. The quantitative estimate of drug-likeness (QED) is 0.814. The Morgan fingerprint density at radius 3 is 2.61 bits per heavy atom. The lowest BCUT2D eigenvalue weighted by molar-refractivity contribution is -0.139. The molecule has 1 rings (SSSR count). The predicted octanol–water partition coefficient (Wildman–Crippen LogP) is 1.33. The van der Waals surface area contributed by atoms with Crippen LogP contribution in [-0.4, -0.2) is 32.6 Å². The molecule has 1 heterocycles. The summed E-state index contributed by atoms with van der Waals surface area (Å²) in [5.74, 6) is -1.24. The first-order chi connectivity index (χ1) is 8.45. The number of nitrogens with one attached hydrogen (secondary N) is 1. The topological polar surface area (TPSA) is 92.2 Å². The number of carboxylic acid groups (broad SMARTS) is 1. The van der Waals surface area contributed by atoms with Gasteiger partial charge in [-0.1, -0.05) is 25.3 Å². The molecular weight excluding hydrogens is 254 g/mol. The molecule has 1 amide bonds. The van der Waals surface area contributed by atoms with Gasteiger partial charge in [-0.3, -0.25) is 4.79 Å². The van der Waals surface area contributed by atoms with Gasteiger partial charge in [-0.2, -0.15) is 0 Å². The number of nitrogens with zero attached hydrogens (tertiary/aromatic N) is 2. The molecule has 1 aromatic heterocycles. The second kappa shape index (κ2) is 6.44. The van der Waals surface area contributed by atoms with E-state index in [1.807, 2.05) is 20.8 Å². The molecule has 0 radical (unpaired) electrons. The Kier molecular flexibility index (Phi) is 5.21. The van der Waals surface area contributed by atoms with Crippen molar-refractivity contribution in [3.8, 4) is 0 Å². The molecule has 6 nitrogen and oxygen atoms in total. The summed E-state index contributed by atoms with van der Waals surface area (Å²) in [5, 5.41) is 15.4. The summed E-state index contributed by atoms with van der Waals surface area (Å²) in [6, 6.07) is -0.871. The largest absolute Gasteiger partial charge is 0.480 e. The van der Waals surface area contributed by atoms with Crippen LogP contribution in [0.1, 0.15) is 42.6 Å². The van der Waals surface area contributed by atoms with Crippen LogP contribution in [0.4, 0.5) is 0 Å². The predicted molar refractivity (Wildman–Crippen MR) is 67.6 cm³/mol. The van der Waals surface area contributed by atoms with E-state index in [-0.39, 0.29) is 5.92 Å². The Hall–Kier alpha value is -1.50. The third-order valence-electron chi connectivity index (χ3n) is 2.41. The third-order valence-corrected chi connectivity index (χ3v) is 3.17. The molecule has 7 heteroatoms. The van der Waals surface area contributed by atoms with Gasteiger partial charge in [-0.05, 0) is 30.3 Å². The number of carboxylic acids is 1. The minimum atomic E-state index is -1.02. The van der Waals surface area contributed by atoms with Crippen LogP contribution in [0.3, 0.4) is 0 Å². The molecular formula is C11H17N3O3S. The number of aliphatic carboxylic acids is 1. The molecule has 2 N–H and O–H groups in total. The maximum atomic E-state index is 11.9. The van der Waals surface area contributed by atoms with Crippen LogP contribution in [0.25, 0.3) is 0 Å². The van der Waals surface area contributed by atoms with Gasteiger partial charge in [0, 0.05) is 0 Å². The Labute approximate surface area is 110 Å². The average Bonchev–Trinajstić information content (AvgIpc) is 2.75. The summed E-state index contributed by atoms with van der Waals surface area (Å²) in [5.41, 5.74) is 0.603. The van der Waals surface area contributed by atoms with Gasteiger partial charge in [0.25, 0.3) is 5.91 Å². The average molecular weight is 271 g/mol. The number of aromatic nitrogens is 2. The first-order valence-corrected chi connectivity index (χ1v) is 6.57. The van der Waals surface area contributed by atoms with Crippen molar-refractivity contribution in [2.45, 2.75) is 39.7 Å². The summed E-state index contributed by atoms with van der Waals surface area (Å²) in [6.45, 7) is 5.69. The minimum Gasteiger partial charge on any atom is -0.480 e. The number of carbonyl (C=O) groups is 2. The smallest absolute Gasteiger partial charge is 0.326 e. The van der Waals surface area contributed by atoms with Crippen molar-refractivity contribution in [1.82, 2.24) is 14.9 Å². The van der Waals surface area contributed by atoms with E-state index in [9.17, 15) is 9.59 Å². The number of aryl methyl sites for hydroxylation is 1. The highest BCUT2D eigenvalue weighted by Crippen LogP contribution is 2.12. The van der Waals surface area contributed by atoms with E-state index in [0.29, 0.717) is 23.4 Å². The molecule has 1 aromatic rings. The second-order valence-corrected chi connectivity index (χ2v) is 5.15. The van der Waals surface area contributed by atoms with Crippen molar-refractivity contribution in [2.75, 3.05) is 0 Å². The molecule has 0 unspecified atom stereocenters. The fraction of sp³-hybridized carbons (Fsp3) is 0.636. The molecule has 0 aliphatic heterocycles. The van der Waals surface area contributed by atoms with Crippen molar-refractivity contribution in [2.24, 2.45) is 5.92 Å². The van der Waals surface area contributed by atoms with E-state index in [4.69, 9.17) is 5.11 Å². The van der Waals surface area contributed by atoms with Gasteiger partial charge < -0.3 is 10.4 Å². The lowest BCUT2D eigenvalue weighted by Gasteiger charge is -2.15. The lowest BCUT2D eigenvalue weighted by atomic mass is 10.0. The normalized spacial score (nSPS) is 12.4. The van der Waals surface area contributed by atoms with Gasteiger partial charge in [-0.15, -0.1) is 5.10 Å². The Balaban J connectivity index is 2.75. The molecule has 0 spiro atoms. The van der Waals surface area contributed by atoms with Crippen molar-refractivity contribution >= 4 is 23.4 Å². The standard InChI is InChI=1S/C11H17N3O3S/c1-4-7-9(18-14-13-7)10(15)12-8(11(16)17)5-6(2)3/h6,8H,4-5H2,1-3H3,(H,12,15)(H,16,17)/t8-/m0/s1. The summed E-state index contributed by atoms with van der Waals surface area (Å²) in [4.78, 5) is 23.4. The van der Waals surface area contributed by atoms with E-state index in [2.05, 4.69) is 14.9 Å². The van der Waals surface area contributed by atoms with Crippen LogP contribution in [0.15, 0.2) is 0 Å². The molecule has 0 saturated heterocycles. The van der Waals surface area contributed by atoms with Crippen molar-refractivity contribution in [3.63, 3.8) is 0 Å². The number of carbonyl (C=O) groups excluding carboxylic acids is 1. The van der Waals surface area contributed by atoms with Gasteiger partial charge in [-0.25, -0.2) is 4.79 Å². The monoisotopic (exact) mass is 271 g/mol. The van der Waals surface area contributed by atoms with Crippen molar-refractivity contribution in [3.05, 3.63) is 10.6 Å². The maximum Gasteiger partial charge on any atom is 0.326 e. The van der Waals surface area contributed by atoms with E-state index >= 15 is 0 Å².